The summed E-state index contributed by atoms with van der Waals surface area (Å²) >= 11 is 0. The van der Waals surface area contributed by atoms with Crippen LogP contribution in [0.5, 0.6) is 0 Å². The molecule has 0 atom stereocenters. The van der Waals surface area contributed by atoms with Crippen LogP contribution >= 0.6 is 0 Å². The van der Waals surface area contributed by atoms with Gasteiger partial charge >= 0.3 is 12.4 Å². The molecule has 2 heterocycles. The normalized spacial score (nSPS) is 13.2. The molecule has 2 N–H and O–H groups in total. The van der Waals surface area contributed by atoms with Gasteiger partial charge in [0.25, 0.3) is 5.79 Å². The third-order valence-electron chi connectivity index (χ3n) is 4.82. The van der Waals surface area contributed by atoms with Gasteiger partial charge in [-0.3, -0.25) is 4.98 Å². The van der Waals surface area contributed by atoms with Crippen molar-refractivity contribution in [2.75, 3.05) is 0 Å². The van der Waals surface area contributed by atoms with E-state index in [1.54, 1.807) is 18.2 Å². The third kappa shape index (κ3) is 3.47. The largest absolute Gasteiger partial charge is 0.447 e. The van der Waals surface area contributed by atoms with Crippen LogP contribution in [0.4, 0.5) is 26.3 Å². The van der Waals surface area contributed by atoms with Crippen LogP contribution in [0.15, 0.2) is 60.8 Å². The van der Waals surface area contributed by atoms with Crippen molar-refractivity contribution in [3.05, 3.63) is 71.9 Å². The van der Waals surface area contributed by atoms with E-state index < -0.39 is 34.7 Å². The molecule has 4 rings (SSSR count). The van der Waals surface area contributed by atoms with Crippen molar-refractivity contribution in [3.63, 3.8) is 0 Å². The average Bonchev–Trinajstić information content (AvgIpc) is 2.71. The summed E-state index contributed by atoms with van der Waals surface area (Å²) in [6.45, 7) is 0. The Morgan fingerprint density at radius 1 is 0.710 bits per heavy atom. The molecule has 0 aliphatic rings. The Morgan fingerprint density at radius 3 is 2.00 bits per heavy atom. The minimum Gasteiger partial charge on any atom is -0.355 e. The van der Waals surface area contributed by atoms with Gasteiger partial charge in [-0.1, -0.05) is 36.4 Å². The molecular weight excluding hydrogens is 426 g/mol. The van der Waals surface area contributed by atoms with Gasteiger partial charge in [-0.05, 0) is 18.2 Å². The van der Waals surface area contributed by atoms with Gasteiger partial charge in [-0.25, -0.2) is 4.98 Å². The molecule has 0 amide bonds. The maximum atomic E-state index is 13.9. The maximum Gasteiger partial charge on any atom is 0.447 e. The standard InChI is InChI=1S/C21H12F6N2O2/c22-20(23,24)15-10-16(11-5-2-1-3-6-11)29-18-13(15)9-14(19(30,31)21(25,26)27)12-7-4-8-28-17(12)18/h1-10,30-31H. The fraction of sp³-hybridized carbons (Fsp3) is 0.143. The Morgan fingerprint density at radius 2 is 1.39 bits per heavy atom. The van der Waals surface area contributed by atoms with E-state index in [1.165, 1.54) is 24.4 Å². The lowest BCUT2D eigenvalue weighted by Gasteiger charge is -2.27. The fourth-order valence-electron chi connectivity index (χ4n) is 3.35. The highest BCUT2D eigenvalue weighted by Crippen LogP contribution is 2.44. The number of aromatic nitrogens is 2. The van der Waals surface area contributed by atoms with Crippen LogP contribution in [0.3, 0.4) is 0 Å². The molecule has 2 aromatic heterocycles. The number of pyridine rings is 2. The van der Waals surface area contributed by atoms with Crippen LogP contribution in [-0.4, -0.2) is 26.4 Å². The van der Waals surface area contributed by atoms with Crippen molar-refractivity contribution in [3.8, 4) is 11.3 Å². The molecule has 4 nitrogen and oxygen atoms in total. The Kier molecular flexibility index (Phi) is 4.67. The molecule has 0 saturated heterocycles. The van der Waals surface area contributed by atoms with Gasteiger partial charge in [0.05, 0.1) is 22.3 Å². The molecule has 0 fully saturated rings. The maximum absolute atomic E-state index is 13.9. The summed E-state index contributed by atoms with van der Waals surface area (Å²) < 4.78 is 81.6. The SMILES string of the molecule is OC(O)(c1cc2c(C(F)(F)F)cc(-c3ccccc3)nc2c2ncccc12)C(F)(F)F. The molecular formula is C21H12F6N2O2. The summed E-state index contributed by atoms with van der Waals surface area (Å²) in [5.41, 5.74) is -2.79. The zero-order valence-electron chi connectivity index (χ0n) is 15.3. The molecule has 0 radical (unpaired) electrons. The van der Waals surface area contributed by atoms with E-state index in [-0.39, 0.29) is 22.1 Å². The predicted molar refractivity (Wildman–Crippen MR) is 99.7 cm³/mol. The van der Waals surface area contributed by atoms with Crippen molar-refractivity contribution in [1.82, 2.24) is 9.97 Å². The van der Waals surface area contributed by atoms with Crippen molar-refractivity contribution < 1.29 is 36.6 Å². The summed E-state index contributed by atoms with van der Waals surface area (Å²) in [6.07, 6.45) is -9.37. The molecule has 0 aliphatic carbocycles. The number of hydrogen-bond donors (Lipinski definition) is 2. The zero-order chi connectivity index (χ0) is 22.6. The first-order chi connectivity index (χ1) is 14.4. The lowest BCUT2D eigenvalue weighted by molar-refractivity contribution is -0.357. The van der Waals surface area contributed by atoms with Crippen molar-refractivity contribution in [2.45, 2.75) is 18.1 Å². The smallest absolute Gasteiger partial charge is 0.355 e. The first kappa shape index (κ1) is 21.0. The zero-order valence-corrected chi connectivity index (χ0v) is 15.3. The summed E-state index contributed by atoms with van der Waals surface area (Å²) in [5.74, 6) is -4.40. The van der Waals surface area contributed by atoms with E-state index in [0.29, 0.717) is 17.7 Å². The van der Waals surface area contributed by atoms with Gasteiger partial charge in [0.1, 0.15) is 0 Å². The summed E-state index contributed by atoms with van der Waals surface area (Å²) in [7, 11) is 0. The minimum atomic E-state index is -5.57. The summed E-state index contributed by atoms with van der Waals surface area (Å²) in [5, 5.41) is 18.5. The number of benzene rings is 2. The van der Waals surface area contributed by atoms with Gasteiger partial charge in [-0.2, -0.15) is 26.3 Å². The van der Waals surface area contributed by atoms with E-state index >= 15 is 0 Å². The van der Waals surface area contributed by atoms with Crippen LogP contribution in [0.25, 0.3) is 33.1 Å². The quantitative estimate of drug-likeness (QED) is 0.258. The van der Waals surface area contributed by atoms with Gasteiger partial charge in [-0.15, -0.1) is 0 Å². The van der Waals surface area contributed by atoms with Gasteiger partial charge < -0.3 is 10.2 Å². The van der Waals surface area contributed by atoms with E-state index in [1.807, 2.05) is 0 Å². The van der Waals surface area contributed by atoms with Crippen molar-refractivity contribution >= 4 is 21.8 Å². The molecule has 0 aliphatic heterocycles. The molecule has 10 heteroatoms. The molecule has 31 heavy (non-hydrogen) atoms. The van der Waals surface area contributed by atoms with Crippen LogP contribution in [0, 0.1) is 0 Å². The molecule has 0 bridgehead atoms. The Labute approximate surface area is 170 Å². The highest BCUT2D eigenvalue weighted by atomic mass is 19.4. The summed E-state index contributed by atoms with van der Waals surface area (Å²) in [4.78, 5) is 8.13. The second-order valence-corrected chi connectivity index (χ2v) is 6.81. The number of aliphatic hydroxyl groups is 2. The van der Waals surface area contributed by atoms with Crippen LogP contribution < -0.4 is 0 Å². The second kappa shape index (κ2) is 6.89. The average molecular weight is 438 g/mol. The molecule has 160 valence electrons. The lowest BCUT2D eigenvalue weighted by atomic mass is 9.94. The van der Waals surface area contributed by atoms with Crippen molar-refractivity contribution in [2.24, 2.45) is 0 Å². The number of alkyl halides is 6. The first-order valence-electron chi connectivity index (χ1n) is 8.78. The van der Waals surface area contributed by atoms with E-state index in [9.17, 15) is 36.6 Å². The molecule has 0 saturated carbocycles. The monoisotopic (exact) mass is 438 g/mol. The van der Waals surface area contributed by atoms with E-state index in [4.69, 9.17) is 0 Å². The second-order valence-electron chi connectivity index (χ2n) is 6.81. The van der Waals surface area contributed by atoms with E-state index in [2.05, 4.69) is 9.97 Å². The number of halogens is 6. The number of fused-ring (bicyclic) bond motifs is 3. The van der Waals surface area contributed by atoms with Crippen LogP contribution in [-0.2, 0) is 12.0 Å². The topological polar surface area (TPSA) is 66.2 Å². The van der Waals surface area contributed by atoms with Crippen LogP contribution in [0.2, 0.25) is 0 Å². The predicted octanol–water partition coefficient (Wildman–Crippen LogP) is 5.17. The number of rotatable bonds is 2. The van der Waals surface area contributed by atoms with Gasteiger partial charge in [0.2, 0.25) is 0 Å². The Balaban J connectivity index is 2.19. The Bertz CT molecular complexity index is 1280. The molecule has 2 aromatic carbocycles. The third-order valence-corrected chi connectivity index (χ3v) is 4.82. The minimum absolute atomic E-state index is 0.0600. The van der Waals surface area contributed by atoms with Crippen molar-refractivity contribution in [1.29, 1.82) is 0 Å². The number of nitrogens with zero attached hydrogens (tertiary/aromatic N) is 2. The highest BCUT2D eigenvalue weighted by molar-refractivity contribution is 6.06. The highest BCUT2D eigenvalue weighted by Gasteiger charge is 2.55. The Hall–Kier alpha value is -3.24. The lowest BCUT2D eigenvalue weighted by Crippen LogP contribution is -2.42. The number of hydrogen-bond acceptors (Lipinski definition) is 4. The molecule has 4 aromatic rings. The summed E-state index contributed by atoms with van der Waals surface area (Å²) in [6, 6.07) is 11.4. The van der Waals surface area contributed by atoms with Gasteiger partial charge in [0.15, 0.2) is 0 Å². The van der Waals surface area contributed by atoms with Crippen LogP contribution in [0.1, 0.15) is 11.1 Å². The fourth-order valence-corrected chi connectivity index (χ4v) is 3.35. The molecule has 0 spiro atoms. The first-order valence-corrected chi connectivity index (χ1v) is 8.78. The van der Waals surface area contributed by atoms with E-state index in [0.717, 1.165) is 6.07 Å². The molecule has 0 unspecified atom stereocenters. The van der Waals surface area contributed by atoms with Gasteiger partial charge in [0, 0.05) is 28.1 Å².